The summed E-state index contributed by atoms with van der Waals surface area (Å²) in [6, 6.07) is 7.47. The van der Waals surface area contributed by atoms with Crippen LogP contribution < -0.4 is 4.90 Å². The van der Waals surface area contributed by atoms with Gasteiger partial charge in [-0.2, -0.15) is 0 Å². The van der Waals surface area contributed by atoms with Gasteiger partial charge in [0, 0.05) is 12.1 Å². The molecule has 0 saturated carbocycles. The van der Waals surface area contributed by atoms with E-state index < -0.39 is 0 Å². The van der Waals surface area contributed by atoms with Crippen molar-refractivity contribution in [2.24, 2.45) is 0 Å². The van der Waals surface area contributed by atoms with Gasteiger partial charge in [-0.3, -0.25) is 14.5 Å². The molecule has 0 aliphatic carbocycles. The highest BCUT2D eigenvalue weighted by Crippen LogP contribution is 2.39. The average Bonchev–Trinajstić information content (AvgIpc) is 2.62. The van der Waals surface area contributed by atoms with Gasteiger partial charge in [-0.15, -0.1) is 0 Å². The molecule has 1 atom stereocenters. The normalized spacial score (nSPS) is 16.8. The number of Topliss-reactive ketones (excluding diaryl/α,β-unsaturated/α-hetero) is 1. The number of benzene rings is 1. The second-order valence-electron chi connectivity index (χ2n) is 5.87. The highest BCUT2D eigenvalue weighted by molar-refractivity contribution is 6.13. The molecular formula is C17H18N4O2. The molecule has 6 heteroatoms. The number of likely N-dealkylation sites (N-methyl/N-ethyl adjacent to an activating group) is 1. The SMILES string of the molecule is CC1C(=O)c2cncnc2N(C(=O)CN(C)C)c2ccccc21. The lowest BCUT2D eigenvalue weighted by Gasteiger charge is -2.24. The first-order chi connectivity index (χ1) is 11.0. The fraction of sp³-hybridized carbons (Fsp3) is 0.294. The number of fused-ring (bicyclic) bond motifs is 2. The van der Waals surface area contributed by atoms with Crippen molar-refractivity contribution >= 4 is 23.2 Å². The number of amides is 1. The molecule has 0 bridgehead atoms. The maximum atomic E-state index is 12.8. The zero-order valence-electron chi connectivity index (χ0n) is 13.4. The van der Waals surface area contributed by atoms with Crippen LogP contribution in [0, 0.1) is 0 Å². The van der Waals surface area contributed by atoms with Crippen molar-refractivity contribution in [3.8, 4) is 0 Å². The van der Waals surface area contributed by atoms with Crippen molar-refractivity contribution in [1.82, 2.24) is 14.9 Å². The molecule has 1 aliphatic heterocycles. The molecule has 0 spiro atoms. The van der Waals surface area contributed by atoms with Crippen LogP contribution in [-0.4, -0.2) is 47.2 Å². The lowest BCUT2D eigenvalue weighted by atomic mass is 9.93. The molecule has 118 valence electrons. The quantitative estimate of drug-likeness (QED) is 0.849. The molecule has 3 rings (SSSR count). The van der Waals surface area contributed by atoms with Crippen LogP contribution in [0.1, 0.15) is 28.8 Å². The number of hydrogen-bond donors (Lipinski definition) is 0. The van der Waals surface area contributed by atoms with Crippen molar-refractivity contribution in [2.45, 2.75) is 12.8 Å². The molecule has 0 N–H and O–H groups in total. The molecule has 1 aromatic carbocycles. The monoisotopic (exact) mass is 310 g/mol. The van der Waals surface area contributed by atoms with E-state index >= 15 is 0 Å². The fourth-order valence-corrected chi connectivity index (χ4v) is 2.81. The number of ketones is 1. The van der Waals surface area contributed by atoms with Gasteiger partial charge in [0.2, 0.25) is 5.91 Å². The van der Waals surface area contributed by atoms with E-state index in [9.17, 15) is 9.59 Å². The largest absolute Gasteiger partial charge is 0.301 e. The Morgan fingerprint density at radius 3 is 2.78 bits per heavy atom. The molecule has 1 amide bonds. The van der Waals surface area contributed by atoms with Gasteiger partial charge in [0.25, 0.3) is 0 Å². The first-order valence-electron chi connectivity index (χ1n) is 7.41. The van der Waals surface area contributed by atoms with Gasteiger partial charge >= 0.3 is 0 Å². The van der Waals surface area contributed by atoms with Crippen molar-refractivity contribution < 1.29 is 9.59 Å². The number of carbonyl (C=O) groups is 2. The number of para-hydroxylation sites is 1. The summed E-state index contributed by atoms with van der Waals surface area (Å²) in [5, 5.41) is 0. The molecule has 1 unspecified atom stereocenters. The maximum absolute atomic E-state index is 12.8. The third kappa shape index (κ3) is 2.61. The number of aromatic nitrogens is 2. The zero-order valence-corrected chi connectivity index (χ0v) is 13.4. The van der Waals surface area contributed by atoms with Crippen LogP contribution in [0.25, 0.3) is 0 Å². The van der Waals surface area contributed by atoms with Crippen LogP contribution in [0.15, 0.2) is 36.8 Å². The Labute approximate surface area is 134 Å². The summed E-state index contributed by atoms with van der Waals surface area (Å²) in [5.74, 6) is -0.209. The Bertz CT molecular complexity index is 773. The second-order valence-corrected chi connectivity index (χ2v) is 5.87. The molecule has 0 saturated heterocycles. The molecule has 1 aliphatic rings. The first kappa shape index (κ1) is 15.3. The minimum Gasteiger partial charge on any atom is -0.301 e. The van der Waals surface area contributed by atoms with Crippen LogP contribution in [0.3, 0.4) is 0 Å². The Hall–Kier alpha value is -2.60. The minimum atomic E-state index is -0.354. The van der Waals surface area contributed by atoms with E-state index in [2.05, 4.69) is 9.97 Å². The topological polar surface area (TPSA) is 66.4 Å². The smallest absolute Gasteiger partial charge is 0.246 e. The Morgan fingerprint density at radius 2 is 2.04 bits per heavy atom. The average molecular weight is 310 g/mol. The van der Waals surface area contributed by atoms with Crippen molar-refractivity contribution in [3.05, 3.63) is 47.9 Å². The number of anilines is 2. The summed E-state index contributed by atoms with van der Waals surface area (Å²) in [4.78, 5) is 37.1. The number of rotatable bonds is 2. The molecule has 0 radical (unpaired) electrons. The number of carbonyl (C=O) groups excluding carboxylic acids is 2. The summed E-state index contributed by atoms with van der Waals surface area (Å²) in [6.45, 7) is 2.07. The predicted octanol–water partition coefficient (Wildman–Crippen LogP) is 2.00. The summed E-state index contributed by atoms with van der Waals surface area (Å²) in [7, 11) is 3.66. The first-order valence-corrected chi connectivity index (χ1v) is 7.41. The van der Waals surface area contributed by atoms with E-state index in [0.717, 1.165) is 5.56 Å². The Kier molecular flexibility index (Phi) is 3.92. The summed E-state index contributed by atoms with van der Waals surface area (Å²) in [5.41, 5.74) is 1.91. The van der Waals surface area contributed by atoms with E-state index in [-0.39, 0.29) is 24.2 Å². The fourth-order valence-electron chi connectivity index (χ4n) is 2.81. The molecule has 2 heterocycles. The minimum absolute atomic E-state index is 0.0757. The van der Waals surface area contributed by atoms with Gasteiger partial charge in [0.15, 0.2) is 11.6 Å². The van der Waals surface area contributed by atoms with Crippen LogP contribution in [0.5, 0.6) is 0 Å². The molecule has 6 nitrogen and oxygen atoms in total. The van der Waals surface area contributed by atoms with Crippen LogP contribution >= 0.6 is 0 Å². The van der Waals surface area contributed by atoms with Gasteiger partial charge in [-0.05, 0) is 25.7 Å². The van der Waals surface area contributed by atoms with E-state index in [4.69, 9.17) is 0 Å². The van der Waals surface area contributed by atoms with Gasteiger partial charge in [0.05, 0.1) is 17.8 Å². The third-order valence-electron chi connectivity index (χ3n) is 3.91. The lowest BCUT2D eigenvalue weighted by molar-refractivity contribution is -0.118. The number of nitrogens with zero attached hydrogens (tertiary/aromatic N) is 4. The highest BCUT2D eigenvalue weighted by Gasteiger charge is 2.34. The summed E-state index contributed by atoms with van der Waals surface area (Å²) >= 11 is 0. The highest BCUT2D eigenvalue weighted by atomic mass is 16.2. The van der Waals surface area contributed by atoms with Crippen molar-refractivity contribution in [2.75, 3.05) is 25.5 Å². The molecule has 1 aromatic heterocycles. The standard InChI is InChI=1S/C17H18N4O2/c1-11-12-6-4-5-7-14(12)21(15(22)9-20(2)3)17-13(16(11)23)8-18-10-19-17/h4-8,10-11H,9H2,1-3H3. The maximum Gasteiger partial charge on any atom is 0.246 e. The molecule has 23 heavy (non-hydrogen) atoms. The third-order valence-corrected chi connectivity index (χ3v) is 3.91. The van der Waals surface area contributed by atoms with Crippen molar-refractivity contribution in [1.29, 1.82) is 0 Å². The number of hydrogen-bond acceptors (Lipinski definition) is 5. The van der Waals surface area contributed by atoms with Crippen molar-refractivity contribution in [3.63, 3.8) is 0 Å². The van der Waals surface area contributed by atoms with Crippen LogP contribution in [-0.2, 0) is 4.79 Å². The van der Waals surface area contributed by atoms with Gasteiger partial charge < -0.3 is 4.90 Å². The molecular weight excluding hydrogens is 292 g/mol. The van der Waals surface area contributed by atoms with Crippen LogP contribution in [0.4, 0.5) is 11.5 Å². The molecule has 0 fully saturated rings. The van der Waals surface area contributed by atoms with Gasteiger partial charge in [-0.1, -0.05) is 25.1 Å². The Morgan fingerprint density at radius 1 is 1.30 bits per heavy atom. The summed E-state index contributed by atoms with van der Waals surface area (Å²) < 4.78 is 0. The van der Waals surface area contributed by atoms with Gasteiger partial charge in [0.1, 0.15) is 6.33 Å². The zero-order chi connectivity index (χ0) is 16.6. The summed E-state index contributed by atoms with van der Waals surface area (Å²) in [6.07, 6.45) is 2.85. The van der Waals surface area contributed by atoms with E-state index in [1.807, 2.05) is 45.3 Å². The lowest BCUT2D eigenvalue weighted by Crippen LogP contribution is -2.35. The van der Waals surface area contributed by atoms with E-state index in [1.165, 1.54) is 17.4 Å². The second kappa shape index (κ2) is 5.89. The molecule has 2 aromatic rings. The van der Waals surface area contributed by atoms with Gasteiger partial charge in [-0.25, -0.2) is 9.97 Å². The predicted molar refractivity (Wildman–Crippen MR) is 86.9 cm³/mol. The van der Waals surface area contributed by atoms with E-state index in [1.54, 1.807) is 4.90 Å². The Balaban J connectivity index is 2.25. The van der Waals surface area contributed by atoms with Crippen LogP contribution in [0.2, 0.25) is 0 Å². The van der Waals surface area contributed by atoms with E-state index in [0.29, 0.717) is 17.1 Å².